The molecular formula is C19H28S. The first-order valence-electron chi connectivity index (χ1n) is 7.48. The number of benzene rings is 2. The molecule has 0 bridgehead atoms. The standard InChI is InChI=1S/C19H26.H2S/c1-12(2)17-11-15-9-7-8-10-16(15)18(13(3)4)19(17)14(5)6;/h7-14H,1-6H3;1H2. The predicted octanol–water partition coefficient (Wildman–Crippen LogP) is 6.32. The smallest absolute Gasteiger partial charge is 0.0146 e. The molecule has 0 fully saturated rings. The second-order valence-electron chi connectivity index (χ2n) is 6.48. The Balaban J connectivity index is 0.00000200. The third-order valence-electron chi connectivity index (χ3n) is 3.94. The average Bonchev–Trinajstić information content (AvgIpc) is 2.35. The van der Waals surface area contributed by atoms with E-state index in [2.05, 4.69) is 71.9 Å². The number of fused-ring (bicyclic) bond motifs is 1. The van der Waals surface area contributed by atoms with Crippen molar-refractivity contribution in [2.45, 2.75) is 59.3 Å². The summed E-state index contributed by atoms with van der Waals surface area (Å²) >= 11 is 0. The van der Waals surface area contributed by atoms with Gasteiger partial charge >= 0.3 is 0 Å². The van der Waals surface area contributed by atoms with E-state index in [4.69, 9.17) is 0 Å². The number of rotatable bonds is 3. The minimum absolute atomic E-state index is 0. The van der Waals surface area contributed by atoms with E-state index >= 15 is 0 Å². The Bertz CT molecular complexity index is 580. The molecule has 0 heterocycles. The molecule has 0 nitrogen and oxygen atoms in total. The van der Waals surface area contributed by atoms with Crippen molar-refractivity contribution in [3.05, 3.63) is 47.0 Å². The van der Waals surface area contributed by atoms with Crippen molar-refractivity contribution >= 4 is 24.3 Å². The zero-order valence-corrected chi connectivity index (χ0v) is 14.6. The van der Waals surface area contributed by atoms with Crippen molar-refractivity contribution in [2.24, 2.45) is 0 Å². The van der Waals surface area contributed by atoms with Gasteiger partial charge in [0.05, 0.1) is 0 Å². The largest absolute Gasteiger partial charge is 0.197 e. The van der Waals surface area contributed by atoms with Gasteiger partial charge in [-0.05, 0) is 45.2 Å². The Morgan fingerprint density at radius 2 is 1.25 bits per heavy atom. The van der Waals surface area contributed by atoms with E-state index in [9.17, 15) is 0 Å². The monoisotopic (exact) mass is 288 g/mol. The SMILES string of the molecule is CC(C)c1cc2ccccc2c(C(C)C)c1C(C)C.S. The summed E-state index contributed by atoms with van der Waals surface area (Å²) in [6.07, 6.45) is 0. The molecule has 0 aliphatic heterocycles. The molecule has 0 N–H and O–H groups in total. The van der Waals surface area contributed by atoms with Crippen LogP contribution in [0.1, 0.15) is 76.0 Å². The Kier molecular flexibility index (Phi) is 5.70. The third-order valence-corrected chi connectivity index (χ3v) is 3.94. The van der Waals surface area contributed by atoms with Gasteiger partial charge in [0.25, 0.3) is 0 Å². The molecule has 0 aromatic heterocycles. The van der Waals surface area contributed by atoms with Gasteiger partial charge in [-0.15, -0.1) is 0 Å². The van der Waals surface area contributed by atoms with Gasteiger partial charge in [-0.25, -0.2) is 0 Å². The quantitative estimate of drug-likeness (QED) is 0.619. The highest BCUT2D eigenvalue weighted by molar-refractivity contribution is 7.59. The normalized spacial score (nSPS) is 11.4. The lowest BCUT2D eigenvalue weighted by Crippen LogP contribution is -2.06. The van der Waals surface area contributed by atoms with Gasteiger partial charge in [-0.2, -0.15) is 13.5 Å². The lowest BCUT2D eigenvalue weighted by atomic mass is 9.80. The predicted molar refractivity (Wildman–Crippen MR) is 96.6 cm³/mol. The van der Waals surface area contributed by atoms with Gasteiger partial charge in [-0.3, -0.25) is 0 Å². The molecule has 0 radical (unpaired) electrons. The summed E-state index contributed by atoms with van der Waals surface area (Å²) in [5.41, 5.74) is 4.65. The Morgan fingerprint density at radius 1 is 0.700 bits per heavy atom. The van der Waals surface area contributed by atoms with Crippen LogP contribution in [0.25, 0.3) is 10.8 Å². The van der Waals surface area contributed by atoms with Crippen molar-refractivity contribution in [1.82, 2.24) is 0 Å². The summed E-state index contributed by atoms with van der Waals surface area (Å²) in [4.78, 5) is 0. The Labute approximate surface area is 131 Å². The van der Waals surface area contributed by atoms with Gasteiger partial charge in [0, 0.05) is 0 Å². The van der Waals surface area contributed by atoms with Gasteiger partial charge in [0.2, 0.25) is 0 Å². The zero-order chi connectivity index (χ0) is 14.2. The van der Waals surface area contributed by atoms with Crippen molar-refractivity contribution in [3.8, 4) is 0 Å². The second-order valence-corrected chi connectivity index (χ2v) is 6.48. The fraction of sp³-hybridized carbons (Fsp3) is 0.474. The van der Waals surface area contributed by atoms with E-state index in [1.807, 2.05) is 0 Å². The minimum atomic E-state index is 0. The average molecular weight is 288 g/mol. The molecule has 0 unspecified atom stereocenters. The summed E-state index contributed by atoms with van der Waals surface area (Å²) in [6, 6.07) is 11.2. The maximum Gasteiger partial charge on any atom is -0.0146 e. The van der Waals surface area contributed by atoms with E-state index in [1.54, 1.807) is 11.1 Å². The molecule has 0 atom stereocenters. The van der Waals surface area contributed by atoms with Crippen LogP contribution < -0.4 is 0 Å². The zero-order valence-electron chi connectivity index (χ0n) is 13.6. The van der Waals surface area contributed by atoms with E-state index < -0.39 is 0 Å². The van der Waals surface area contributed by atoms with Crippen LogP contribution in [0.15, 0.2) is 30.3 Å². The van der Waals surface area contributed by atoms with E-state index in [-0.39, 0.29) is 13.5 Å². The molecule has 110 valence electrons. The van der Waals surface area contributed by atoms with Crippen LogP contribution in [-0.2, 0) is 0 Å². The number of hydrogen-bond donors (Lipinski definition) is 0. The second kappa shape index (κ2) is 6.67. The third kappa shape index (κ3) is 3.03. The lowest BCUT2D eigenvalue weighted by molar-refractivity contribution is 0.755. The molecule has 0 aliphatic rings. The van der Waals surface area contributed by atoms with Crippen molar-refractivity contribution < 1.29 is 0 Å². The van der Waals surface area contributed by atoms with Crippen LogP contribution in [0, 0.1) is 0 Å². The molecular weight excluding hydrogens is 260 g/mol. The highest BCUT2D eigenvalue weighted by Crippen LogP contribution is 2.38. The highest BCUT2D eigenvalue weighted by Gasteiger charge is 2.19. The maximum absolute atomic E-state index is 2.40. The summed E-state index contributed by atoms with van der Waals surface area (Å²) in [5.74, 6) is 1.74. The summed E-state index contributed by atoms with van der Waals surface area (Å²) in [5, 5.41) is 2.82. The molecule has 1 heteroatoms. The maximum atomic E-state index is 2.40. The molecule has 0 saturated carbocycles. The Hall–Kier alpha value is -0.950. The molecule has 0 spiro atoms. The van der Waals surface area contributed by atoms with E-state index in [1.165, 1.54) is 16.3 Å². The van der Waals surface area contributed by atoms with Crippen molar-refractivity contribution in [2.75, 3.05) is 0 Å². The van der Waals surface area contributed by atoms with Crippen LogP contribution in [0.3, 0.4) is 0 Å². The van der Waals surface area contributed by atoms with E-state index in [0.717, 1.165) is 0 Å². The Morgan fingerprint density at radius 3 is 1.75 bits per heavy atom. The van der Waals surface area contributed by atoms with Crippen molar-refractivity contribution in [3.63, 3.8) is 0 Å². The van der Waals surface area contributed by atoms with Crippen LogP contribution in [0.2, 0.25) is 0 Å². The summed E-state index contributed by atoms with van der Waals surface area (Å²) < 4.78 is 0. The molecule has 20 heavy (non-hydrogen) atoms. The van der Waals surface area contributed by atoms with E-state index in [0.29, 0.717) is 17.8 Å². The highest BCUT2D eigenvalue weighted by atomic mass is 32.1. The number of hydrogen-bond acceptors (Lipinski definition) is 0. The topological polar surface area (TPSA) is 0 Å². The summed E-state index contributed by atoms with van der Waals surface area (Å²) in [7, 11) is 0. The van der Waals surface area contributed by atoms with Crippen LogP contribution in [0.4, 0.5) is 0 Å². The first kappa shape index (κ1) is 17.1. The van der Waals surface area contributed by atoms with Crippen molar-refractivity contribution in [1.29, 1.82) is 0 Å². The van der Waals surface area contributed by atoms with Gasteiger partial charge in [0.15, 0.2) is 0 Å². The first-order valence-corrected chi connectivity index (χ1v) is 7.48. The van der Waals surface area contributed by atoms with Gasteiger partial charge in [-0.1, -0.05) is 71.9 Å². The fourth-order valence-corrected chi connectivity index (χ4v) is 3.16. The van der Waals surface area contributed by atoms with Crippen LogP contribution >= 0.6 is 13.5 Å². The van der Waals surface area contributed by atoms with Gasteiger partial charge < -0.3 is 0 Å². The van der Waals surface area contributed by atoms with Crippen LogP contribution in [0.5, 0.6) is 0 Å². The molecule has 2 rings (SSSR count). The van der Waals surface area contributed by atoms with Crippen LogP contribution in [-0.4, -0.2) is 0 Å². The molecule has 0 amide bonds. The lowest BCUT2D eigenvalue weighted by Gasteiger charge is -2.24. The summed E-state index contributed by atoms with van der Waals surface area (Å²) in [6.45, 7) is 13.9. The molecule has 0 saturated heterocycles. The fourth-order valence-electron chi connectivity index (χ4n) is 3.16. The molecule has 2 aromatic carbocycles. The minimum Gasteiger partial charge on any atom is -0.197 e. The first-order chi connectivity index (χ1) is 8.93. The molecule has 2 aromatic rings. The van der Waals surface area contributed by atoms with Gasteiger partial charge in [0.1, 0.15) is 0 Å². The molecule has 0 aliphatic carbocycles.